The summed E-state index contributed by atoms with van der Waals surface area (Å²) in [5.41, 5.74) is 1.68. The fourth-order valence-electron chi connectivity index (χ4n) is 1.97. The van der Waals surface area contributed by atoms with Crippen LogP contribution in [0, 0.1) is 0 Å². The Bertz CT molecular complexity index is 710. The van der Waals surface area contributed by atoms with Crippen molar-refractivity contribution < 1.29 is 19.4 Å². The van der Waals surface area contributed by atoms with Gasteiger partial charge in [-0.1, -0.05) is 29.8 Å². The van der Waals surface area contributed by atoms with Crippen LogP contribution in [-0.4, -0.2) is 17.7 Å². The van der Waals surface area contributed by atoms with Crippen molar-refractivity contribution in [1.29, 1.82) is 0 Å². The van der Waals surface area contributed by atoms with Gasteiger partial charge in [0.2, 0.25) is 0 Å². The molecule has 5 heteroatoms. The molecular weight excluding hydrogens is 316 g/mol. The van der Waals surface area contributed by atoms with E-state index in [-0.39, 0.29) is 0 Å². The van der Waals surface area contributed by atoms with E-state index in [1.165, 1.54) is 6.08 Å². The molecule has 0 amide bonds. The molecule has 0 atom stereocenters. The Morgan fingerprint density at radius 2 is 2.00 bits per heavy atom. The van der Waals surface area contributed by atoms with Crippen molar-refractivity contribution in [3.05, 3.63) is 64.7 Å². The van der Waals surface area contributed by atoms with E-state index in [0.717, 1.165) is 17.2 Å². The van der Waals surface area contributed by atoms with Crippen LogP contribution in [0.15, 0.2) is 48.5 Å². The highest BCUT2D eigenvalue weighted by Crippen LogP contribution is 2.30. The highest BCUT2D eigenvalue weighted by Gasteiger charge is 2.06. The molecule has 0 fully saturated rings. The van der Waals surface area contributed by atoms with Crippen LogP contribution >= 0.6 is 11.6 Å². The Kier molecular flexibility index (Phi) is 6.06. The number of hydrogen-bond donors (Lipinski definition) is 1. The van der Waals surface area contributed by atoms with E-state index in [2.05, 4.69) is 0 Å². The SMILES string of the molecule is CCOc1cc(/C=C/C(=O)O)ccc1OCc1cccc(Cl)c1. The summed E-state index contributed by atoms with van der Waals surface area (Å²) in [6.45, 7) is 2.73. The molecule has 0 saturated heterocycles. The van der Waals surface area contributed by atoms with Gasteiger partial charge in [-0.05, 0) is 48.4 Å². The third-order valence-corrected chi connectivity index (χ3v) is 3.20. The normalized spacial score (nSPS) is 10.7. The Balaban J connectivity index is 2.15. The van der Waals surface area contributed by atoms with Gasteiger partial charge < -0.3 is 14.6 Å². The summed E-state index contributed by atoms with van der Waals surface area (Å²) < 4.78 is 11.4. The summed E-state index contributed by atoms with van der Waals surface area (Å²) in [7, 11) is 0. The van der Waals surface area contributed by atoms with E-state index in [1.54, 1.807) is 24.3 Å². The molecule has 0 bridgehead atoms. The van der Waals surface area contributed by atoms with Gasteiger partial charge in [0.15, 0.2) is 11.5 Å². The van der Waals surface area contributed by atoms with Crippen molar-refractivity contribution in [2.75, 3.05) is 6.61 Å². The molecule has 0 aliphatic carbocycles. The maximum absolute atomic E-state index is 10.6. The summed E-state index contributed by atoms with van der Waals surface area (Å²) >= 11 is 5.95. The van der Waals surface area contributed by atoms with Crippen molar-refractivity contribution in [3.63, 3.8) is 0 Å². The number of ether oxygens (including phenoxy) is 2. The zero-order chi connectivity index (χ0) is 16.7. The smallest absolute Gasteiger partial charge is 0.328 e. The molecule has 4 nitrogen and oxygen atoms in total. The first kappa shape index (κ1) is 16.9. The second-order valence-electron chi connectivity index (χ2n) is 4.73. The minimum Gasteiger partial charge on any atom is -0.490 e. The van der Waals surface area contributed by atoms with Gasteiger partial charge in [-0.15, -0.1) is 0 Å². The van der Waals surface area contributed by atoms with Crippen LogP contribution in [0.3, 0.4) is 0 Å². The first-order valence-electron chi connectivity index (χ1n) is 7.13. The monoisotopic (exact) mass is 332 g/mol. The minimum atomic E-state index is -0.996. The first-order valence-corrected chi connectivity index (χ1v) is 7.51. The van der Waals surface area contributed by atoms with Crippen LogP contribution in [0.4, 0.5) is 0 Å². The fraction of sp³-hybridized carbons (Fsp3) is 0.167. The van der Waals surface area contributed by atoms with Crippen molar-refractivity contribution in [1.82, 2.24) is 0 Å². The molecule has 0 aliphatic rings. The minimum absolute atomic E-state index is 0.366. The largest absolute Gasteiger partial charge is 0.490 e. The molecule has 0 aliphatic heterocycles. The summed E-state index contributed by atoms with van der Waals surface area (Å²) in [5, 5.41) is 9.34. The molecule has 2 aromatic carbocycles. The van der Waals surface area contributed by atoms with Crippen LogP contribution in [-0.2, 0) is 11.4 Å². The zero-order valence-corrected chi connectivity index (χ0v) is 13.4. The second-order valence-corrected chi connectivity index (χ2v) is 5.17. The van der Waals surface area contributed by atoms with Gasteiger partial charge in [0, 0.05) is 11.1 Å². The maximum Gasteiger partial charge on any atom is 0.328 e. The molecular formula is C18H17ClO4. The third-order valence-electron chi connectivity index (χ3n) is 2.97. The molecule has 1 N–H and O–H groups in total. The number of carbonyl (C=O) groups is 1. The molecule has 0 spiro atoms. The number of benzene rings is 2. The summed E-state index contributed by atoms with van der Waals surface area (Å²) in [5.74, 6) is 0.172. The number of aliphatic carboxylic acids is 1. The number of rotatable bonds is 7. The molecule has 0 heterocycles. The molecule has 23 heavy (non-hydrogen) atoms. The van der Waals surface area contributed by atoms with Crippen molar-refractivity contribution in [2.24, 2.45) is 0 Å². The van der Waals surface area contributed by atoms with Crippen LogP contribution < -0.4 is 9.47 Å². The average molecular weight is 333 g/mol. The maximum atomic E-state index is 10.6. The molecule has 0 aromatic heterocycles. The highest BCUT2D eigenvalue weighted by molar-refractivity contribution is 6.30. The topological polar surface area (TPSA) is 55.8 Å². The van der Waals surface area contributed by atoms with Crippen molar-refractivity contribution in [3.8, 4) is 11.5 Å². The van der Waals surface area contributed by atoms with Crippen LogP contribution in [0.2, 0.25) is 5.02 Å². The van der Waals surface area contributed by atoms with Crippen molar-refractivity contribution >= 4 is 23.6 Å². The van der Waals surface area contributed by atoms with Gasteiger partial charge in [-0.2, -0.15) is 0 Å². The summed E-state index contributed by atoms with van der Waals surface area (Å²) in [4.78, 5) is 10.6. The first-order chi connectivity index (χ1) is 11.1. The number of halogens is 1. The van der Waals surface area contributed by atoms with Gasteiger partial charge in [0.25, 0.3) is 0 Å². The van der Waals surface area contributed by atoms with E-state index >= 15 is 0 Å². The molecule has 2 aromatic rings. The lowest BCUT2D eigenvalue weighted by molar-refractivity contribution is -0.131. The Hall–Kier alpha value is -2.46. The Morgan fingerprint density at radius 3 is 2.70 bits per heavy atom. The Labute approximate surface area is 139 Å². The lowest BCUT2D eigenvalue weighted by Gasteiger charge is -2.13. The summed E-state index contributed by atoms with van der Waals surface area (Å²) in [6.07, 6.45) is 2.59. The molecule has 0 saturated carbocycles. The molecule has 2 rings (SSSR count). The van der Waals surface area contributed by atoms with Gasteiger partial charge in [-0.25, -0.2) is 4.79 Å². The Morgan fingerprint density at radius 1 is 1.17 bits per heavy atom. The van der Waals surface area contributed by atoms with Crippen LogP contribution in [0.5, 0.6) is 11.5 Å². The highest BCUT2D eigenvalue weighted by atomic mass is 35.5. The van der Waals surface area contributed by atoms with Gasteiger partial charge >= 0.3 is 5.97 Å². The third kappa shape index (κ3) is 5.34. The molecule has 120 valence electrons. The van der Waals surface area contributed by atoms with Gasteiger partial charge in [0.05, 0.1) is 6.61 Å². The standard InChI is InChI=1S/C18H17ClO4/c1-2-22-17-11-13(7-9-18(20)21)6-8-16(17)23-12-14-4-3-5-15(19)10-14/h3-11H,2,12H2,1H3,(H,20,21)/b9-7+. The molecule has 0 unspecified atom stereocenters. The van der Waals surface area contributed by atoms with E-state index in [0.29, 0.717) is 29.7 Å². The lowest BCUT2D eigenvalue weighted by Crippen LogP contribution is -2.00. The van der Waals surface area contributed by atoms with Crippen LogP contribution in [0.25, 0.3) is 6.08 Å². The van der Waals surface area contributed by atoms with Crippen LogP contribution in [0.1, 0.15) is 18.1 Å². The average Bonchev–Trinajstić information content (AvgIpc) is 2.52. The zero-order valence-electron chi connectivity index (χ0n) is 12.7. The number of carboxylic acids is 1. The summed E-state index contributed by atoms with van der Waals surface area (Å²) in [6, 6.07) is 12.7. The molecule has 0 radical (unpaired) electrons. The second kappa shape index (κ2) is 8.25. The predicted molar refractivity (Wildman–Crippen MR) is 90.1 cm³/mol. The van der Waals surface area contributed by atoms with Crippen molar-refractivity contribution in [2.45, 2.75) is 13.5 Å². The van der Waals surface area contributed by atoms with E-state index in [4.69, 9.17) is 26.2 Å². The quantitative estimate of drug-likeness (QED) is 0.763. The van der Waals surface area contributed by atoms with E-state index in [1.807, 2.05) is 25.1 Å². The van der Waals surface area contributed by atoms with Gasteiger partial charge in [0.1, 0.15) is 6.61 Å². The van der Waals surface area contributed by atoms with E-state index < -0.39 is 5.97 Å². The van der Waals surface area contributed by atoms with Gasteiger partial charge in [-0.3, -0.25) is 0 Å². The number of carboxylic acid groups (broad SMARTS) is 1. The predicted octanol–water partition coefficient (Wildman–Crippen LogP) is 4.42. The lowest BCUT2D eigenvalue weighted by atomic mass is 10.2. The number of hydrogen-bond acceptors (Lipinski definition) is 3. The van der Waals surface area contributed by atoms with E-state index in [9.17, 15) is 4.79 Å². The fourth-order valence-corrected chi connectivity index (χ4v) is 2.18.